The highest BCUT2D eigenvalue weighted by atomic mass is 79.9. The molecule has 0 aliphatic carbocycles. The van der Waals surface area contributed by atoms with Crippen molar-refractivity contribution in [2.24, 2.45) is 0 Å². The van der Waals surface area contributed by atoms with E-state index < -0.39 is 0 Å². The first kappa shape index (κ1) is 12.7. The summed E-state index contributed by atoms with van der Waals surface area (Å²) < 4.78 is 1.76. The lowest BCUT2D eigenvalue weighted by molar-refractivity contribution is 0.101. The van der Waals surface area contributed by atoms with Gasteiger partial charge in [-0.25, -0.2) is 0 Å². The van der Waals surface area contributed by atoms with Crippen LogP contribution in [0.5, 0.6) is 0 Å². The third kappa shape index (κ3) is 3.14. The van der Waals surface area contributed by atoms with Crippen LogP contribution in [0.4, 0.5) is 0 Å². The normalized spacial score (nSPS) is 10.5. The van der Waals surface area contributed by atoms with Crippen molar-refractivity contribution >= 4 is 44.8 Å². The summed E-state index contributed by atoms with van der Waals surface area (Å²) in [5, 5.41) is 8.93. The summed E-state index contributed by atoms with van der Waals surface area (Å²) in [6.07, 6.45) is 0. The number of rotatable bonds is 3. The first-order valence-corrected chi connectivity index (χ1v) is 7.27. The summed E-state index contributed by atoms with van der Waals surface area (Å²) in [5.74, 6) is 0.0510. The Bertz CT molecular complexity index is 568. The lowest BCUT2D eigenvalue weighted by Crippen LogP contribution is -1.94. The number of nitrogens with zero attached hydrogens (tertiary/aromatic N) is 2. The molecule has 0 bridgehead atoms. The molecule has 0 atom stereocenters. The monoisotopic (exact) mass is 328 g/mol. The average molecular weight is 329 g/mol. The number of hydrogen-bond donors (Lipinski definition) is 0. The van der Waals surface area contributed by atoms with Crippen molar-refractivity contribution in [1.29, 1.82) is 0 Å². The van der Waals surface area contributed by atoms with Gasteiger partial charge in [-0.15, -0.1) is 10.2 Å². The van der Waals surface area contributed by atoms with Gasteiger partial charge in [0.25, 0.3) is 0 Å². The topological polar surface area (TPSA) is 42.9 Å². The Morgan fingerprint density at radius 2 is 2.18 bits per heavy atom. The fourth-order valence-electron chi connectivity index (χ4n) is 1.28. The van der Waals surface area contributed by atoms with Gasteiger partial charge in [0.1, 0.15) is 5.01 Å². The molecule has 0 saturated carbocycles. The van der Waals surface area contributed by atoms with Crippen molar-refractivity contribution in [2.75, 3.05) is 0 Å². The second kappa shape index (κ2) is 5.29. The van der Waals surface area contributed by atoms with Crippen LogP contribution in [0.3, 0.4) is 0 Å². The van der Waals surface area contributed by atoms with Crippen LogP contribution in [0.2, 0.25) is 0 Å². The predicted molar refractivity (Wildman–Crippen MR) is 72.9 cm³/mol. The summed E-state index contributed by atoms with van der Waals surface area (Å²) in [6, 6.07) is 5.67. The molecule has 0 N–H and O–H groups in total. The van der Waals surface area contributed by atoms with Crippen molar-refractivity contribution in [3.63, 3.8) is 0 Å². The van der Waals surface area contributed by atoms with Crippen molar-refractivity contribution in [3.05, 3.63) is 33.2 Å². The van der Waals surface area contributed by atoms with Gasteiger partial charge < -0.3 is 0 Å². The maximum absolute atomic E-state index is 11.5. The first-order valence-electron chi connectivity index (χ1n) is 4.84. The summed E-state index contributed by atoms with van der Waals surface area (Å²) in [7, 11) is 0. The molecule has 2 rings (SSSR count). The number of aromatic nitrogens is 2. The summed E-state index contributed by atoms with van der Waals surface area (Å²) in [4.78, 5) is 12.5. The number of carbonyl (C=O) groups is 1. The van der Waals surface area contributed by atoms with Crippen molar-refractivity contribution in [2.45, 2.75) is 23.1 Å². The molecule has 6 heteroatoms. The van der Waals surface area contributed by atoms with Gasteiger partial charge in [0.2, 0.25) is 0 Å². The van der Waals surface area contributed by atoms with Gasteiger partial charge in [-0.2, -0.15) is 0 Å². The molecule has 0 radical (unpaired) electrons. The van der Waals surface area contributed by atoms with Gasteiger partial charge in [-0.3, -0.25) is 4.79 Å². The van der Waals surface area contributed by atoms with Gasteiger partial charge in [0.05, 0.1) is 0 Å². The van der Waals surface area contributed by atoms with E-state index in [0.717, 1.165) is 18.7 Å². The Morgan fingerprint density at radius 1 is 1.41 bits per heavy atom. The molecule has 3 nitrogen and oxygen atoms in total. The number of Topliss-reactive ketones (excluding diaryl/α,β-unsaturated/α-hetero) is 1. The Morgan fingerprint density at radius 3 is 2.76 bits per heavy atom. The highest BCUT2D eigenvalue weighted by Crippen LogP contribution is 2.33. The van der Waals surface area contributed by atoms with Crippen LogP contribution in [-0.2, 0) is 0 Å². The fraction of sp³-hybridized carbons (Fsp3) is 0.182. The Hall–Kier alpha value is -0.720. The van der Waals surface area contributed by atoms with Crippen LogP contribution in [0.15, 0.2) is 31.9 Å². The zero-order valence-corrected chi connectivity index (χ0v) is 12.4. The van der Waals surface area contributed by atoms with E-state index >= 15 is 0 Å². The molecule has 1 aromatic carbocycles. The van der Waals surface area contributed by atoms with Crippen LogP contribution in [0.25, 0.3) is 0 Å². The Labute approximate surface area is 116 Å². The molecule has 0 saturated heterocycles. The molecule has 1 aromatic heterocycles. The molecule has 2 aromatic rings. The van der Waals surface area contributed by atoms with Crippen molar-refractivity contribution in [1.82, 2.24) is 10.2 Å². The summed E-state index contributed by atoms with van der Waals surface area (Å²) in [5.41, 5.74) is 0.706. The largest absolute Gasteiger partial charge is 0.294 e. The molecular weight excluding hydrogens is 320 g/mol. The van der Waals surface area contributed by atoms with E-state index in [9.17, 15) is 4.79 Å². The van der Waals surface area contributed by atoms with Crippen LogP contribution < -0.4 is 0 Å². The minimum Gasteiger partial charge on any atom is -0.294 e. The van der Waals surface area contributed by atoms with Crippen LogP contribution in [0, 0.1) is 6.92 Å². The smallest absolute Gasteiger partial charge is 0.179 e. The van der Waals surface area contributed by atoms with Crippen molar-refractivity contribution in [3.8, 4) is 0 Å². The van der Waals surface area contributed by atoms with E-state index in [2.05, 4.69) is 26.1 Å². The van der Waals surface area contributed by atoms with Gasteiger partial charge in [-0.05, 0) is 32.0 Å². The van der Waals surface area contributed by atoms with Gasteiger partial charge in [0.15, 0.2) is 10.1 Å². The second-order valence-corrected chi connectivity index (χ2v) is 6.77. The molecule has 0 fully saturated rings. The highest BCUT2D eigenvalue weighted by molar-refractivity contribution is 9.10. The van der Waals surface area contributed by atoms with E-state index in [0.29, 0.717) is 5.56 Å². The van der Waals surface area contributed by atoms with Crippen molar-refractivity contribution < 1.29 is 4.79 Å². The van der Waals surface area contributed by atoms with E-state index in [-0.39, 0.29) is 5.78 Å². The lowest BCUT2D eigenvalue weighted by atomic mass is 10.1. The number of halogens is 1. The van der Waals surface area contributed by atoms with E-state index in [4.69, 9.17) is 0 Å². The number of benzene rings is 1. The number of ketones is 1. The quantitative estimate of drug-likeness (QED) is 0.800. The fourth-order valence-corrected chi connectivity index (χ4v) is 3.57. The Balaban J connectivity index is 2.35. The second-order valence-electron chi connectivity index (χ2n) is 3.39. The number of hydrogen-bond acceptors (Lipinski definition) is 5. The number of carbonyl (C=O) groups excluding carboxylic acids is 1. The molecule has 0 aliphatic rings. The summed E-state index contributed by atoms with van der Waals surface area (Å²) in [6.45, 7) is 3.48. The minimum absolute atomic E-state index is 0.0510. The standard InChI is InChI=1S/C11H9BrN2OS2/c1-6(15)9-5-8(12)3-4-10(9)17-11-14-13-7(2)16-11/h3-5H,1-2H3. The molecule has 88 valence electrons. The Kier molecular flexibility index (Phi) is 3.96. The molecule has 17 heavy (non-hydrogen) atoms. The van der Waals surface area contributed by atoms with Gasteiger partial charge >= 0.3 is 0 Å². The zero-order chi connectivity index (χ0) is 12.4. The molecule has 0 aliphatic heterocycles. The van der Waals surface area contributed by atoms with Crippen LogP contribution in [0.1, 0.15) is 22.3 Å². The third-order valence-electron chi connectivity index (χ3n) is 2.03. The van der Waals surface area contributed by atoms with Crippen LogP contribution in [-0.4, -0.2) is 16.0 Å². The van der Waals surface area contributed by atoms with E-state index in [1.165, 1.54) is 23.1 Å². The summed E-state index contributed by atoms with van der Waals surface area (Å²) >= 11 is 6.37. The molecule has 1 heterocycles. The maximum Gasteiger partial charge on any atom is 0.179 e. The molecular formula is C11H9BrN2OS2. The van der Waals surface area contributed by atoms with Gasteiger partial charge in [0, 0.05) is 14.9 Å². The average Bonchev–Trinajstić information content (AvgIpc) is 2.66. The molecule has 0 spiro atoms. The molecule has 0 amide bonds. The predicted octanol–water partition coefficient (Wildman–Crippen LogP) is 3.96. The SMILES string of the molecule is CC(=O)c1cc(Br)ccc1Sc1nnc(C)s1. The lowest BCUT2D eigenvalue weighted by Gasteiger charge is -2.04. The minimum atomic E-state index is 0.0510. The number of aryl methyl sites for hydroxylation is 1. The van der Waals surface area contributed by atoms with E-state index in [1.807, 2.05) is 25.1 Å². The third-order valence-corrected chi connectivity index (χ3v) is 4.48. The first-order chi connectivity index (χ1) is 8.06. The van der Waals surface area contributed by atoms with Crippen LogP contribution >= 0.6 is 39.0 Å². The highest BCUT2D eigenvalue weighted by Gasteiger charge is 2.11. The van der Waals surface area contributed by atoms with Gasteiger partial charge in [-0.1, -0.05) is 39.0 Å². The maximum atomic E-state index is 11.5. The molecule has 0 unspecified atom stereocenters. The van der Waals surface area contributed by atoms with E-state index in [1.54, 1.807) is 6.92 Å². The zero-order valence-electron chi connectivity index (χ0n) is 9.23.